The van der Waals surface area contributed by atoms with Gasteiger partial charge >= 0.3 is 0 Å². The molecule has 0 aliphatic carbocycles. The molecule has 0 radical (unpaired) electrons. The summed E-state index contributed by atoms with van der Waals surface area (Å²) in [7, 11) is -1.45. The van der Waals surface area contributed by atoms with Crippen molar-refractivity contribution in [1.82, 2.24) is 9.97 Å². The van der Waals surface area contributed by atoms with Gasteiger partial charge in [-0.25, -0.2) is 18.6 Å². The second kappa shape index (κ2) is 8.07. The number of hydrogen-bond donors (Lipinski definition) is 0. The van der Waals surface area contributed by atoms with Crippen LogP contribution in [0.25, 0.3) is 21.5 Å². The molecule has 3 rings (SSSR count). The topological polar surface area (TPSA) is 79.0 Å². The van der Waals surface area contributed by atoms with Gasteiger partial charge in [-0.05, 0) is 50.8 Å². The van der Waals surface area contributed by atoms with Crippen molar-refractivity contribution in [2.75, 3.05) is 6.26 Å². The van der Waals surface area contributed by atoms with Crippen molar-refractivity contribution in [3.05, 3.63) is 41.3 Å². The predicted molar refractivity (Wildman–Crippen MR) is 115 cm³/mol. The second-order valence-electron chi connectivity index (χ2n) is 6.83. The van der Waals surface area contributed by atoms with E-state index in [0.29, 0.717) is 22.5 Å². The Morgan fingerprint density at radius 1 is 1.32 bits per heavy atom. The molecule has 0 aliphatic heterocycles. The summed E-state index contributed by atoms with van der Waals surface area (Å²) in [6.45, 7) is 5.51. The Hall–Kier alpha value is -2.15. The summed E-state index contributed by atoms with van der Waals surface area (Å²) in [4.78, 5) is 9.05. The lowest BCUT2D eigenvalue weighted by Crippen LogP contribution is -2.19. The zero-order chi connectivity index (χ0) is 20.5. The molecule has 0 N–H and O–H groups in total. The number of aromatic nitrogens is 2. The van der Waals surface area contributed by atoms with E-state index in [4.69, 9.17) is 5.26 Å². The average molecular weight is 433 g/mol. The van der Waals surface area contributed by atoms with Gasteiger partial charge in [0, 0.05) is 5.56 Å². The highest BCUT2D eigenvalue weighted by molar-refractivity contribution is 8.00. The lowest BCUT2D eigenvalue weighted by atomic mass is 10.0. The summed E-state index contributed by atoms with van der Waals surface area (Å²) >= 11 is 3.03. The first-order valence-electron chi connectivity index (χ1n) is 8.24. The molecule has 2 aromatic heterocycles. The molecule has 5 nitrogen and oxygen atoms in total. The lowest BCUT2D eigenvalue weighted by Gasteiger charge is -2.13. The molecule has 0 bridgehead atoms. The van der Waals surface area contributed by atoms with Gasteiger partial charge in [0.25, 0.3) is 0 Å². The Kier molecular flexibility index (Phi) is 5.93. The van der Waals surface area contributed by atoms with E-state index in [9.17, 15) is 8.60 Å². The van der Waals surface area contributed by atoms with Gasteiger partial charge in [-0.3, -0.25) is 0 Å². The third-order valence-corrected chi connectivity index (χ3v) is 7.08. The van der Waals surface area contributed by atoms with E-state index in [2.05, 4.69) is 14.4 Å². The minimum absolute atomic E-state index is 0.0483. The van der Waals surface area contributed by atoms with E-state index in [0.717, 1.165) is 9.04 Å². The maximum atomic E-state index is 13.8. The quantitative estimate of drug-likeness (QED) is 0.429. The highest BCUT2D eigenvalue weighted by Crippen LogP contribution is 2.32. The van der Waals surface area contributed by atoms with Crippen LogP contribution in [0.5, 0.6) is 0 Å². The van der Waals surface area contributed by atoms with Crippen LogP contribution in [0.1, 0.15) is 32.0 Å². The molecule has 28 heavy (non-hydrogen) atoms. The fourth-order valence-corrected chi connectivity index (χ4v) is 4.28. The van der Waals surface area contributed by atoms with Crippen LogP contribution in [0.4, 0.5) is 4.39 Å². The molecule has 0 saturated heterocycles. The molecule has 1 unspecified atom stereocenters. The van der Waals surface area contributed by atoms with Gasteiger partial charge in [-0.15, -0.1) is 11.3 Å². The molecule has 3 aromatic rings. The largest absolute Gasteiger partial charge is 0.234 e. The van der Waals surface area contributed by atoms with Gasteiger partial charge in [0.05, 0.1) is 26.9 Å². The minimum atomic E-state index is -1.45. The number of pyridine rings is 1. The molecule has 0 saturated carbocycles. The Labute approximate surface area is 173 Å². The van der Waals surface area contributed by atoms with E-state index in [-0.39, 0.29) is 5.56 Å². The molecule has 2 heterocycles. The molecule has 0 aliphatic rings. The predicted octanol–water partition coefficient (Wildman–Crippen LogP) is 4.97. The zero-order valence-electron chi connectivity index (χ0n) is 15.7. The summed E-state index contributed by atoms with van der Waals surface area (Å²) in [5, 5.41) is 9.15. The van der Waals surface area contributed by atoms with Crippen molar-refractivity contribution in [1.29, 1.82) is 5.26 Å². The number of fused-ring (bicyclic) bond motifs is 1. The van der Waals surface area contributed by atoms with E-state index >= 15 is 0 Å². The van der Waals surface area contributed by atoms with Gasteiger partial charge in [0.1, 0.15) is 22.9 Å². The Bertz CT molecular complexity index is 1140. The van der Waals surface area contributed by atoms with Crippen LogP contribution in [-0.2, 0) is 11.0 Å². The van der Waals surface area contributed by atoms with E-state index in [1.165, 1.54) is 41.4 Å². The SMILES string of the molecule is CSc1nc2nc(C=NS(=O)C(C)(C)C)c(-c3ccc(F)c(C#N)c3)cc2s1. The summed E-state index contributed by atoms with van der Waals surface area (Å²) < 4.78 is 31.5. The van der Waals surface area contributed by atoms with Crippen molar-refractivity contribution in [2.45, 2.75) is 29.9 Å². The third kappa shape index (κ3) is 4.29. The number of nitriles is 1. The number of hydrogen-bond acceptors (Lipinski definition) is 6. The van der Waals surface area contributed by atoms with Crippen LogP contribution in [0, 0.1) is 17.1 Å². The number of benzene rings is 1. The first-order chi connectivity index (χ1) is 13.2. The minimum Gasteiger partial charge on any atom is -0.234 e. The van der Waals surface area contributed by atoms with Gasteiger partial charge in [0.2, 0.25) is 0 Å². The van der Waals surface area contributed by atoms with Crippen molar-refractivity contribution < 1.29 is 8.60 Å². The molecule has 144 valence electrons. The van der Waals surface area contributed by atoms with Gasteiger partial charge in [-0.1, -0.05) is 17.8 Å². The Morgan fingerprint density at radius 3 is 2.71 bits per heavy atom. The summed E-state index contributed by atoms with van der Waals surface area (Å²) in [6, 6.07) is 8.08. The van der Waals surface area contributed by atoms with Crippen molar-refractivity contribution in [3.63, 3.8) is 0 Å². The summed E-state index contributed by atoms with van der Waals surface area (Å²) in [6.07, 6.45) is 3.40. The highest BCUT2D eigenvalue weighted by atomic mass is 32.2. The lowest BCUT2D eigenvalue weighted by molar-refractivity contribution is 0.624. The van der Waals surface area contributed by atoms with Crippen molar-refractivity contribution in [2.24, 2.45) is 4.40 Å². The Balaban J connectivity index is 2.20. The van der Waals surface area contributed by atoms with Crippen molar-refractivity contribution >= 4 is 50.6 Å². The maximum Gasteiger partial charge on any atom is 0.172 e. The molecule has 0 fully saturated rings. The van der Waals surface area contributed by atoms with Gasteiger partial charge < -0.3 is 0 Å². The molecule has 0 spiro atoms. The number of nitrogens with zero attached hydrogens (tertiary/aromatic N) is 4. The fourth-order valence-electron chi connectivity index (χ4n) is 2.31. The summed E-state index contributed by atoms with van der Waals surface area (Å²) in [5.74, 6) is -0.577. The molecule has 0 amide bonds. The number of halogens is 1. The van der Waals surface area contributed by atoms with Crippen LogP contribution in [0.3, 0.4) is 0 Å². The van der Waals surface area contributed by atoms with Gasteiger partial charge in [-0.2, -0.15) is 9.66 Å². The number of thiazole rings is 1. The second-order valence-corrected chi connectivity index (χ2v) is 10.8. The maximum absolute atomic E-state index is 13.8. The number of rotatable bonds is 4. The van der Waals surface area contributed by atoms with Crippen LogP contribution < -0.4 is 0 Å². The van der Waals surface area contributed by atoms with E-state index in [1.807, 2.05) is 39.2 Å². The highest BCUT2D eigenvalue weighted by Gasteiger charge is 2.19. The van der Waals surface area contributed by atoms with Gasteiger partial charge in [0.15, 0.2) is 9.99 Å². The first-order valence-corrected chi connectivity index (χ1v) is 11.4. The number of thioether (sulfide) groups is 1. The molecule has 1 atom stereocenters. The fraction of sp³-hybridized carbons (Fsp3) is 0.263. The third-order valence-electron chi connectivity index (χ3n) is 3.76. The molecule has 9 heteroatoms. The molecular formula is C19H17FN4OS3. The normalized spacial score (nSPS) is 13.1. The summed E-state index contributed by atoms with van der Waals surface area (Å²) in [5.41, 5.74) is 2.31. The van der Waals surface area contributed by atoms with Crippen LogP contribution in [0.15, 0.2) is 33.0 Å². The zero-order valence-corrected chi connectivity index (χ0v) is 18.1. The monoisotopic (exact) mass is 432 g/mol. The standard InChI is InChI=1S/C19H17FN4OS3/c1-19(2,3)28(25)22-10-15-13(11-5-6-14(20)12(7-11)9-21)8-16-17(23-15)24-18(26-4)27-16/h5-8,10H,1-4H3. The molecule has 1 aromatic carbocycles. The van der Waals surface area contributed by atoms with Crippen LogP contribution in [-0.4, -0.2) is 31.4 Å². The first kappa shape index (κ1) is 20.6. The Morgan fingerprint density at radius 2 is 2.07 bits per heavy atom. The smallest absolute Gasteiger partial charge is 0.172 e. The molecular weight excluding hydrogens is 415 g/mol. The van der Waals surface area contributed by atoms with Crippen LogP contribution in [0.2, 0.25) is 0 Å². The van der Waals surface area contributed by atoms with Crippen LogP contribution >= 0.6 is 23.1 Å². The average Bonchev–Trinajstić information content (AvgIpc) is 3.07. The van der Waals surface area contributed by atoms with Crippen molar-refractivity contribution in [3.8, 4) is 17.2 Å². The van der Waals surface area contributed by atoms with E-state index < -0.39 is 21.5 Å². The van der Waals surface area contributed by atoms with E-state index in [1.54, 1.807) is 6.07 Å².